The molecule has 2 rings (SSSR count). The first-order valence-electron chi connectivity index (χ1n) is 6.49. The fraction of sp³-hybridized carbons (Fsp3) is 0.167. The van der Waals surface area contributed by atoms with Crippen molar-refractivity contribution in [3.63, 3.8) is 0 Å². The number of hydrogen-bond donors (Lipinski definition) is 0. The van der Waals surface area contributed by atoms with Gasteiger partial charge in [0, 0.05) is 17.0 Å². The molecule has 1 radical (unpaired) electrons. The summed E-state index contributed by atoms with van der Waals surface area (Å²) < 4.78 is 0. The van der Waals surface area contributed by atoms with Crippen LogP contribution in [0.15, 0.2) is 42.5 Å². The lowest BCUT2D eigenvalue weighted by Crippen LogP contribution is -2.07. The van der Waals surface area contributed by atoms with Crippen LogP contribution >= 0.6 is 0 Å². The van der Waals surface area contributed by atoms with Crippen molar-refractivity contribution in [3.05, 3.63) is 70.3 Å². The predicted molar refractivity (Wildman–Crippen MR) is 82.0 cm³/mol. The molecule has 0 heterocycles. The van der Waals surface area contributed by atoms with Crippen LogP contribution in [0.3, 0.4) is 0 Å². The number of benzene rings is 2. The molecule has 0 aromatic heterocycles. The Balaban J connectivity index is 2.56. The van der Waals surface area contributed by atoms with Gasteiger partial charge in [-0.1, -0.05) is 53.4 Å². The van der Waals surface area contributed by atoms with Gasteiger partial charge in [-0.3, -0.25) is 4.79 Å². The Hall–Kier alpha value is -2.44. The average Bonchev–Trinajstić information content (AvgIpc) is 2.43. The summed E-state index contributed by atoms with van der Waals surface area (Å²) in [4.78, 5) is 12.5. The number of aryl methyl sites for hydroxylation is 3. The molecule has 2 aromatic carbocycles. The maximum Gasteiger partial charge on any atom is 0.203 e. The summed E-state index contributed by atoms with van der Waals surface area (Å²) in [5, 5.41) is 9.42. The van der Waals surface area contributed by atoms with Gasteiger partial charge in [0.1, 0.15) is 0 Å². The molecule has 0 atom stereocenters. The lowest BCUT2D eigenvalue weighted by Gasteiger charge is -2.12. The number of carbonyl (C=O) groups excluding carboxylic acids is 1. The fourth-order valence-corrected chi connectivity index (χ4v) is 2.53. The van der Waals surface area contributed by atoms with Gasteiger partial charge >= 0.3 is 0 Å². The van der Waals surface area contributed by atoms with Gasteiger partial charge in [0.2, 0.25) is 5.78 Å². The Morgan fingerprint density at radius 3 is 2.05 bits per heavy atom. The number of hydrogen-bond acceptors (Lipinski definition) is 1. The molecule has 0 saturated carbocycles. The minimum absolute atomic E-state index is 0.214. The molecule has 0 aliphatic heterocycles. The zero-order valence-corrected chi connectivity index (χ0v) is 11.9. The Morgan fingerprint density at radius 1 is 1.00 bits per heavy atom. The first-order valence-corrected chi connectivity index (χ1v) is 6.49. The van der Waals surface area contributed by atoms with Crippen molar-refractivity contribution in [2.75, 3.05) is 0 Å². The van der Waals surface area contributed by atoms with E-state index in [1.165, 1.54) is 0 Å². The summed E-state index contributed by atoms with van der Waals surface area (Å²) in [6, 6.07) is 12.9. The number of carbonyl (C=O) groups is 1. The Kier molecular flexibility index (Phi) is 3.97. The highest BCUT2D eigenvalue weighted by Crippen LogP contribution is 2.25. The average molecular weight is 262 g/mol. The monoisotopic (exact) mass is 262 g/mol. The molecular formula is C18H16NO. The maximum atomic E-state index is 12.5. The highest BCUT2D eigenvalue weighted by Gasteiger charge is 2.18. The molecule has 0 unspecified atom stereocenters. The predicted octanol–water partition coefficient (Wildman–Crippen LogP) is 3.35. The topological polar surface area (TPSA) is 39.4 Å². The summed E-state index contributed by atoms with van der Waals surface area (Å²) in [5.41, 5.74) is 4.57. The van der Waals surface area contributed by atoms with Gasteiger partial charge in [-0.05, 0) is 31.9 Å². The third-order valence-electron chi connectivity index (χ3n) is 3.30. The summed E-state index contributed by atoms with van der Waals surface area (Å²) in [6.45, 7) is 5.88. The minimum Gasteiger partial charge on any atom is -0.288 e. The van der Waals surface area contributed by atoms with Crippen molar-refractivity contribution in [1.82, 2.24) is 5.41 Å². The number of rotatable bonds is 3. The van der Waals surface area contributed by atoms with E-state index in [9.17, 15) is 10.2 Å². The van der Waals surface area contributed by atoms with E-state index in [0.29, 0.717) is 5.56 Å². The molecule has 0 aliphatic rings. The van der Waals surface area contributed by atoms with Crippen LogP contribution in [0, 0.1) is 20.8 Å². The first-order chi connectivity index (χ1) is 9.54. The van der Waals surface area contributed by atoms with Crippen molar-refractivity contribution in [2.24, 2.45) is 0 Å². The van der Waals surface area contributed by atoms with Crippen LogP contribution in [0.4, 0.5) is 0 Å². The van der Waals surface area contributed by atoms with Crippen LogP contribution in [0.2, 0.25) is 0 Å². The highest BCUT2D eigenvalue weighted by atomic mass is 16.1. The van der Waals surface area contributed by atoms with Crippen LogP contribution in [0.25, 0.3) is 5.57 Å². The van der Waals surface area contributed by atoms with Gasteiger partial charge in [0.05, 0.1) is 5.57 Å². The number of ketones is 1. The van der Waals surface area contributed by atoms with E-state index in [2.05, 4.69) is 5.87 Å². The van der Waals surface area contributed by atoms with Gasteiger partial charge in [0.15, 0.2) is 0 Å². The van der Waals surface area contributed by atoms with Crippen LogP contribution in [0.1, 0.15) is 32.6 Å². The fourth-order valence-electron chi connectivity index (χ4n) is 2.53. The van der Waals surface area contributed by atoms with E-state index < -0.39 is 0 Å². The van der Waals surface area contributed by atoms with E-state index in [-0.39, 0.29) is 11.4 Å². The zero-order chi connectivity index (χ0) is 14.7. The van der Waals surface area contributed by atoms with E-state index in [1.807, 2.05) is 39.0 Å². The molecule has 2 heteroatoms. The zero-order valence-electron chi connectivity index (χ0n) is 11.9. The Bertz CT molecular complexity index is 684. The van der Waals surface area contributed by atoms with Gasteiger partial charge < -0.3 is 0 Å². The molecule has 0 fully saturated rings. The van der Waals surface area contributed by atoms with Crippen molar-refractivity contribution >= 4 is 17.2 Å². The number of Topliss-reactive ketones (excluding diaryl/α,β-unsaturated/α-hetero) is 1. The molecule has 0 saturated heterocycles. The lowest BCUT2D eigenvalue weighted by molar-refractivity contribution is 0.105. The van der Waals surface area contributed by atoms with Crippen LogP contribution < -0.4 is 5.41 Å². The SMILES string of the molecule is Cc1cc(C)c(C(=C=[N])C(=O)c2ccccc2)c(C)c1. The van der Waals surface area contributed by atoms with Crippen LogP contribution in [-0.2, 0) is 0 Å². The standard InChI is InChI=1S/C18H16NO/c1-12-9-13(2)17(14(3)10-12)16(11-19)18(20)15-7-5-4-6-8-15/h4-10H,1-3H3. The van der Waals surface area contributed by atoms with Crippen molar-refractivity contribution in [2.45, 2.75) is 20.8 Å². The third-order valence-corrected chi connectivity index (χ3v) is 3.30. The number of nitrogens with zero attached hydrogens (tertiary/aromatic N) is 1. The summed E-state index contributed by atoms with van der Waals surface area (Å²) >= 11 is 0. The second-order valence-corrected chi connectivity index (χ2v) is 4.96. The summed E-state index contributed by atoms with van der Waals surface area (Å²) in [7, 11) is 0. The normalized spacial score (nSPS) is 9.95. The molecule has 2 nitrogen and oxygen atoms in total. The summed E-state index contributed by atoms with van der Waals surface area (Å²) in [5.74, 6) is 1.87. The van der Waals surface area contributed by atoms with E-state index in [4.69, 9.17) is 0 Å². The van der Waals surface area contributed by atoms with Gasteiger partial charge in [-0.25, -0.2) is 0 Å². The molecular weight excluding hydrogens is 246 g/mol. The maximum absolute atomic E-state index is 12.5. The molecule has 0 aliphatic carbocycles. The number of allylic oxidation sites excluding steroid dienone is 1. The van der Waals surface area contributed by atoms with Crippen molar-refractivity contribution in [1.29, 1.82) is 0 Å². The molecule has 0 amide bonds. The second kappa shape index (κ2) is 5.68. The van der Waals surface area contributed by atoms with Gasteiger partial charge in [-0.15, -0.1) is 0 Å². The highest BCUT2D eigenvalue weighted by molar-refractivity contribution is 6.35. The van der Waals surface area contributed by atoms with Gasteiger partial charge in [-0.2, -0.15) is 0 Å². The Labute approximate surface area is 119 Å². The van der Waals surface area contributed by atoms with Gasteiger partial charge in [0.25, 0.3) is 0 Å². The van der Waals surface area contributed by atoms with E-state index in [1.54, 1.807) is 24.3 Å². The molecule has 0 bridgehead atoms. The summed E-state index contributed by atoms with van der Waals surface area (Å²) in [6.07, 6.45) is 0. The minimum atomic E-state index is -0.219. The molecule has 0 N–H and O–H groups in total. The van der Waals surface area contributed by atoms with Crippen LogP contribution in [0.5, 0.6) is 0 Å². The molecule has 2 aromatic rings. The second-order valence-electron chi connectivity index (χ2n) is 4.96. The Morgan fingerprint density at radius 2 is 1.55 bits per heavy atom. The molecule has 99 valence electrons. The lowest BCUT2D eigenvalue weighted by atomic mass is 9.90. The smallest absolute Gasteiger partial charge is 0.203 e. The van der Waals surface area contributed by atoms with E-state index >= 15 is 0 Å². The van der Waals surface area contributed by atoms with Crippen molar-refractivity contribution in [3.8, 4) is 0 Å². The van der Waals surface area contributed by atoms with Crippen molar-refractivity contribution < 1.29 is 4.79 Å². The van der Waals surface area contributed by atoms with E-state index in [0.717, 1.165) is 22.3 Å². The largest absolute Gasteiger partial charge is 0.288 e. The quantitative estimate of drug-likeness (QED) is 0.475. The molecule has 0 spiro atoms. The van der Waals surface area contributed by atoms with Crippen LogP contribution in [-0.4, -0.2) is 11.7 Å². The third kappa shape index (κ3) is 2.61. The molecule has 20 heavy (non-hydrogen) atoms. The first kappa shape index (κ1) is 14.0.